The summed E-state index contributed by atoms with van der Waals surface area (Å²) < 4.78 is 73.5. The van der Waals surface area contributed by atoms with Gasteiger partial charge in [-0.2, -0.15) is 13.2 Å². The molecule has 6 nitrogen and oxygen atoms in total. The van der Waals surface area contributed by atoms with Crippen LogP contribution in [0.5, 0.6) is 5.75 Å². The number of ether oxygens (including phenoxy) is 1. The number of halogens is 6. The van der Waals surface area contributed by atoms with E-state index >= 15 is 4.39 Å². The van der Waals surface area contributed by atoms with E-state index in [0.717, 1.165) is 12.1 Å². The first-order valence-electron chi connectivity index (χ1n) is 9.97. The van der Waals surface area contributed by atoms with Crippen LogP contribution >= 0.6 is 11.6 Å². The Balaban J connectivity index is 2.10. The van der Waals surface area contributed by atoms with Gasteiger partial charge < -0.3 is 20.1 Å². The number of anilines is 1. The summed E-state index contributed by atoms with van der Waals surface area (Å²) in [5.74, 6) is -3.76. The first-order chi connectivity index (χ1) is 16.0. The van der Waals surface area contributed by atoms with Crippen LogP contribution in [-0.2, 0) is 13.0 Å². The number of rotatable bonds is 7. The van der Waals surface area contributed by atoms with Crippen LogP contribution in [0.15, 0.2) is 30.3 Å². The Morgan fingerprint density at radius 2 is 1.97 bits per heavy atom. The quantitative estimate of drug-likeness (QED) is 0.364. The van der Waals surface area contributed by atoms with Crippen molar-refractivity contribution < 1.29 is 36.6 Å². The summed E-state index contributed by atoms with van der Waals surface area (Å²) in [4.78, 5) is 19.7. The zero-order valence-electron chi connectivity index (χ0n) is 17.9. The smallest absolute Gasteiger partial charge is 0.425 e. The number of H-pyrrole nitrogens is 1. The predicted octanol–water partition coefficient (Wildman–Crippen LogP) is 5.64. The minimum absolute atomic E-state index is 0.0768. The number of nitrogens with zero attached hydrogens (tertiary/aromatic N) is 1. The maximum absolute atomic E-state index is 15.0. The predicted molar refractivity (Wildman–Crippen MR) is 115 cm³/mol. The van der Waals surface area contributed by atoms with Crippen molar-refractivity contribution >= 4 is 23.2 Å². The van der Waals surface area contributed by atoms with Crippen molar-refractivity contribution in [3.8, 4) is 17.1 Å². The second-order valence-electron chi connectivity index (χ2n) is 7.20. The number of nitrogens with one attached hydrogen (secondary N) is 2. The van der Waals surface area contributed by atoms with E-state index in [0.29, 0.717) is 30.8 Å². The molecule has 3 N–H and O–H groups in total. The molecule has 1 amide bonds. The highest BCUT2D eigenvalue weighted by molar-refractivity contribution is 6.34. The molecule has 1 atom stereocenters. The lowest BCUT2D eigenvalue weighted by molar-refractivity contribution is -0.189. The summed E-state index contributed by atoms with van der Waals surface area (Å²) in [5.41, 5.74) is -0.613. The molecule has 0 spiro atoms. The van der Waals surface area contributed by atoms with Crippen molar-refractivity contribution in [2.24, 2.45) is 0 Å². The highest BCUT2D eigenvalue weighted by Crippen LogP contribution is 2.34. The van der Waals surface area contributed by atoms with Gasteiger partial charge in [0.15, 0.2) is 6.10 Å². The van der Waals surface area contributed by atoms with E-state index < -0.39 is 53.4 Å². The van der Waals surface area contributed by atoms with Crippen LogP contribution in [0.25, 0.3) is 11.4 Å². The second-order valence-corrected chi connectivity index (χ2v) is 7.61. The Kier molecular flexibility index (Phi) is 7.47. The van der Waals surface area contributed by atoms with Gasteiger partial charge >= 0.3 is 6.18 Å². The zero-order valence-corrected chi connectivity index (χ0v) is 18.6. The lowest BCUT2D eigenvalue weighted by Crippen LogP contribution is -2.32. The fourth-order valence-electron chi connectivity index (χ4n) is 3.06. The van der Waals surface area contributed by atoms with Crippen molar-refractivity contribution in [2.75, 3.05) is 5.32 Å². The van der Waals surface area contributed by atoms with E-state index in [1.165, 1.54) is 12.1 Å². The number of aromatic nitrogens is 2. The highest BCUT2D eigenvalue weighted by Gasteiger charge is 2.39. The number of carbonyl (C=O) groups excluding carboxylic acids is 1. The van der Waals surface area contributed by atoms with Crippen LogP contribution in [0.3, 0.4) is 0 Å². The Morgan fingerprint density at radius 3 is 2.53 bits per heavy atom. The van der Waals surface area contributed by atoms with E-state index in [1.54, 1.807) is 6.92 Å². The number of aliphatic hydroxyl groups excluding tert-OH is 1. The average molecular weight is 504 g/mol. The van der Waals surface area contributed by atoms with E-state index in [2.05, 4.69) is 15.3 Å². The number of benzene rings is 2. The summed E-state index contributed by atoms with van der Waals surface area (Å²) in [6.45, 7) is 2.04. The Hall–Kier alpha value is -3.18. The number of imidazole rings is 1. The molecule has 0 aliphatic carbocycles. The number of hydrogen-bond donors (Lipinski definition) is 3. The third-order valence-electron chi connectivity index (χ3n) is 4.89. The fraction of sp³-hybridized carbons (Fsp3) is 0.273. The molecule has 0 saturated carbocycles. The van der Waals surface area contributed by atoms with Gasteiger partial charge in [0.1, 0.15) is 23.2 Å². The van der Waals surface area contributed by atoms with Gasteiger partial charge in [0.05, 0.1) is 39.8 Å². The minimum Gasteiger partial charge on any atom is -0.480 e. The van der Waals surface area contributed by atoms with Gasteiger partial charge in [-0.3, -0.25) is 4.79 Å². The molecule has 1 aromatic heterocycles. The first kappa shape index (κ1) is 25.4. The molecule has 1 heterocycles. The molecule has 0 bridgehead atoms. The third-order valence-corrected chi connectivity index (χ3v) is 5.21. The summed E-state index contributed by atoms with van der Waals surface area (Å²) in [6.07, 6.45) is -6.75. The molecule has 182 valence electrons. The molecule has 2 aromatic carbocycles. The molecule has 0 aliphatic rings. The Bertz CT molecular complexity index is 1170. The van der Waals surface area contributed by atoms with Gasteiger partial charge in [-0.1, -0.05) is 24.6 Å². The summed E-state index contributed by atoms with van der Waals surface area (Å²) in [5, 5.41) is 11.4. The average Bonchev–Trinajstić information content (AvgIpc) is 3.19. The lowest BCUT2D eigenvalue weighted by atomic mass is 10.1. The number of alkyl halides is 3. The SMILES string of the molecule is CCc1nc(-c2cc(O[C@@H](C)C(F)(F)F)c(C(=O)Nc3c(F)cccc3Cl)cc2F)[nH]c1CO. The Labute approximate surface area is 195 Å². The van der Waals surface area contributed by atoms with E-state index in [-0.39, 0.29) is 16.4 Å². The maximum atomic E-state index is 15.0. The van der Waals surface area contributed by atoms with Crippen LogP contribution in [0.4, 0.5) is 27.6 Å². The number of aliphatic hydroxyl groups is 1. The van der Waals surface area contributed by atoms with Crippen LogP contribution in [0.1, 0.15) is 35.6 Å². The lowest BCUT2D eigenvalue weighted by Gasteiger charge is -2.20. The van der Waals surface area contributed by atoms with Crippen LogP contribution in [-0.4, -0.2) is 33.3 Å². The van der Waals surface area contributed by atoms with E-state index in [4.69, 9.17) is 16.3 Å². The van der Waals surface area contributed by atoms with Gasteiger partial charge in [-0.25, -0.2) is 13.8 Å². The molecule has 0 fully saturated rings. The van der Waals surface area contributed by atoms with Crippen LogP contribution < -0.4 is 10.1 Å². The topological polar surface area (TPSA) is 87.2 Å². The standard InChI is InChI=1S/C22H19ClF5N3O3/c1-3-16-17(9-32)30-20(29-16)11-8-18(34-10(2)22(26,27)28)12(7-15(11)25)21(33)31-19-13(23)5-4-6-14(19)24/h4-8,10,32H,3,9H2,1-2H3,(H,29,30)(H,31,33)/t10-/m0/s1. The van der Waals surface area contributed by atoms with Gasteiger partial charge in [0.25, 0.3) is 5.91 Å². The second kappa shape index (κ2) is 9.98. The van der Waals surface area contributed by atoms with Gasteiger partial charge in [-0.05, 0) is 37.6 Å². The molecule has 0 radical (unpaired) electrons. The molecular formula is C22H19ClF5N3O3. The van der Waals surface area contributed by atoms with Gasteiger partial charge in [-0.15, -0.1) is 0 Å². The molecule has 0 aliphatic heterocycles. The zero-order chi connectivity index (χ0) is 25.2. The maximum Gasteiger partial charge on any atom is 0.425 e. The van der Waals surface area contributed by atoms with Crippen molar-refractivity contribution in [3.63, 3.8) is 0 Å². The fourth-order valence-corrected chi connectivity index (χ4v) is 3.27. The molecular weight excluding hydrogens is 485 g/mol. The number of amides is 1. The molecule has 12 heteroatoms. The molecule has 0 unspecified atom stereocenters. The normalized spacial score (nSPS) is 12.5. The Morgan fingerprint density at radius 1 is 1.26 bits per heavy atom. The van der Waals surface area contributed by atoms with E-state index in [1.807, 2.05) is 0 Å². The van der Waals surface area contributed by atoms with E-state index in [9.17, 15) is 27.5 Å². The number of aryl methyl sites for hydroxylation is 1. The van der Waals surface area contributed by atoms with Crippen LogP contribution in [0.2, 0.25) is 5.02 Å². The molecule has 3 rings (SSSR count). The third kappa shape index (κ3) is 5.31. The van der Waals surface area contributed by atoms with Gasteiger partial charge in [0.2, 0.25) is 0 Å². The number of aromatic amines is 1. The van der Waals surface area contributed by atoms with Crippen molar-refractivity contribution in [1.82, 2.24) is 9.97 Å². The minimum atomic E-state index is -4.79. The molecule has 3 aromatic rings. The number of hydrogen-bond acceptors (Lipinski definition) is 4. The number of para-hydroxylation sites is 1. The summed E-state index contributed by atoms with van der Waals surface area (Å²) >= 11 is 5.88. The van der Waals surface area contributed by atoms with Crippen molar-refractivity contribution in [2.45, 2.75) is 39.2 Å². The first-order valence-corrected chi connectivity index (χ1v) is 10.3. The van der Waals surface area contributed by atoms with Gasteiger partial charge in [0, 0.05) is 0 Å². The largest absolute Gasteiger partial charge is 0.480 e. The van der Waals surface area contributed by atoms with Crippen molar-refractivity contribution in [3.05, 3.63) is 63.9 Å². The van der Waals surface area contributed by atoms with Crippen molar-refractivity contribution in [1.29, 1.82) is 0 Å². The monoisotopic (exact) mass is 503 g/mol. The van der Waals surface area contributed by atoms with Crippen LogP contribution in [0, 0.1) is 11.6 Å². The summed E-state index contributed by atoms with van der Waals surface area (Å²) in [6, 6.07) is 5.12. The summed E-state index contributed by atoms with van der Waals surface area (Å²) in [7, 11) is 0. The number of carbonyl (C=O) groups is 1. The molecule has 0 saturated heterocycles. The molecule has 34 heavy (non-hydrogen) atoms. The highest BCUT2D eigenvalue weighted by atomic mass is 35.5.